The van der Waals surface area contributed by atoms with Crippen molar-refractivity contribution in [2.75, 3.05) is 19.7 Å². The summed E-state index contributed by atoms with van der Waals surface area (Å²) in [6.45, 7) is 5.82. The van der Waals surface area contributed by atoms with Crippen LogP contribution in [0, 0.1) is 13.8 Å². The Morgan fingerprint density at radius 2 is 1.96 bits per heavy atom. The van der Waals surface area contributed by atoms with Gasteiger partial charge in [0.2, 0.25) is 0 Å². The Balaban J connectivity index is 1.55. The monoisotopic (exact) mass is 316 g/mol. The zero-order valence-electron chi connectivity index (χ0n) is 14.3. The van der Waals surface area contributed by atoms with Gasteiger partial charge in [0, 0.05) is 6.54 Å². The number of aryl methyl sites for hydroxylation is 2. The summed E-state index contributed by atoms with van der Waals surface area (Å²) in [4.78, 5) is 11.7. The van der Waals surface area contributed by atoms with E-state index >= 15 is 0 Å². The van der Waals surface area contributed by atoms with Gasteiger partial charge in [0.25, 0.3) is 0 Å². The van der Waals surface area contributed by atoms with E-state index in [0.29, 0.717) is 19.7 Å². The minimum atomic E-state index is -0.120. The van der Waals surface area contributed by atoms with Gasteiger partial charge in [0.05, 0.1) is 6.54 Å². The topological polar surface area (TPSA) is 50.4 Å². The molecule has 0 fully saturated rings. The molecule has 1 aliphatic rings. The van der Waals surface area contributed by atoms with Crippen molar-refractivity contribution < 1.29 is 9.53 Å². The Labute approximate surface area is 139 Å². The Morgan fingerprint density at radius 3 is 2.70 bits per heavy atom. The predicted molar refractivity (Wildman–Crippen MR) is 94.0 cm³/mol. The Bertz CT molecular complexity index is 552. The first-order valence-corrected chi connectivity index (χ1v) is 8.55. The summed E-state index contributed by atoms with van der Waals surface area (Å²) in [6.07, 6.45) is 8.25. The molecule has 0 bridgehead atoms. The van der Waals surface area contributed by atoms with Crippen LogP contribution in [0.25, 0.3) is 0 Å². The number of benzene rings is 1. The highest BCUT2D eigenvalue weighted by Gasteiger charge is 2.05. The van der Waals surface area contributed by atoms with Crippen molar-refractivity contribution in [3.05, 3.63) is 41.0 Å². The second-order valence-corrected chi connectivity index (χ2v) is 6.14. The number of nitrogens with one attached hydrogen (secondary N) is 2. The third-order valence-corrected chi connectivity index (χ3v) is 4.25. The van der Waals surface area contributed by atoms with Crippen LogP contribution in [-0.4, -0.2) is 25.7 Å². The summed E-state index contributed by atoms with van der Waals surface area (Å²) in [5, 5.41) is 5.72. The lowest BCUT2D eigenvalue weighted by molar-refractivity contribution is 0.236. The van der Waals surface area contributed by atoms with E-state index in [9.17, 15) is 4.79 Å². The van der Waals surface area contributed by atoms with E-state index in [0.717, 1.165) is 12.2 Å². The van der Waals surface area contributed by atoms with Gasteiger partial charge in [0.1, 0.15) is 12.4 Å². The third kappa shape index (κ3) is 6.35. The molecular weight excluding hydrogens is 288 g/mol. The molecule has 0 radical (unpaired) electrons. The van der Waals surface area contributed by atoms with Gasteiger partial charge in [-0.1, -0.05) is 17.7 Å². The van der Waals surface area contributed by atoms with Gasteiger partial charge in [-0.3, -0.25) is 0 Å². The molecule has 0 aromatic heterocycles. The molecule has 2 amide bonds. The molecule has 1 aliphatic carbocycles. The van der Waals surface area contributed by atoms with Gasteiger partial charge < -0.3 is 15.4 Å². The van der Waals surface area contributed by atoms with E-state index in [1.807, 2.05) is 18.2 Å². The number of carbonyl (C=O) groups excluding carboxylic acids is 1. The molecule has 23 heavy (non-hydrogen) atoms. The molecule has 0 spiro atoms. The summed E-state index contributed by atoms with van der Waals surface area (Å²) in [7, 11) is 0. The number of rotatable bonds is 7. The molecule has 0 atom stereocenters. The number of amides is 2. The van der Waals surface area contributed by atoms with Crippen molar-refractivity contribution in [3.8, 4) is 5.75 Å². The van der Waals surface area contributed by atoms with E-state index in [4.69, 9.17) is 4.74 Å². The van der Waals surface area contributed by atoms with Crippen molar-refractivity contribution in [2.24, 2.45) is 0 Å². The molecular formula is C19H28N2O2. The molecule has 0 aliphatic heterocycles. The van der Waals surface area contributed by atoms with Crippen LogP contribution in [0.1, 0.15) is 43.2 Å². The standard InChI is InChI=1S/C19H28N2O2/c1-15-8-9-18(14-16(15)2)23-13-12-21-19(22)20-11-10-17-6-4-3-5-7-17/h6,8-9,14H,3-5,7,10-13H2,1-2H3,(H2,20,21,22). The molecule has 1 aromatic rings. The summed E-state index contributed by atoms with van der Waals surface area (Å²) in [5.41, 5.74) is 3.95. The van der Waals surface area contributed by atoms with Crippen LogP contribution in [0.2, 0.25) is 0 Å². The van der Waals surface area contributed by atoms with Gasteiger partial charge in [-0.25, -0.2) is 4.79 Å². The van der Waals surface area contributed by atoms with Crippen LogP contribution in [0.15, 0.2) is 29.8 Å². The third-order valence-electron chi connectivity index (χ3n) is 4.25. The fourth-order valence-electron chi connectivity index (χ4n) is 2.67. The molecule has 0 saturated heterocycles. The normalized spacial score (nSPS) is 14.1. The van der Waals surface area contributed by atoms with Crippen LogP contribution >= 0.6 is 0 Å². The molecule has 4 heteroatoms. The predicted octanol–water partition coefficient (Wildman–Crippen LogP) is 3.87. The van der Waals surface area contributed by atoms with Crippen molar-refractivity contribution in [1.82, 2.24) is 10.6 Å². The summed E-state index contributed by atoms with van der Waals surface area (Å²) in [6, 6.07) is 5.91. The second-order valence-electron chi connectivity index (χ2n) is 6.14. The van der Waals surface area contributed by atoms with Crippen LogP contribution < -0.4 is 15.4 Å². The minimum Gasteiger partial charge on any atom is -0.492 e. The molecule has 126 valence electrons. The highest BCUT2D eigenvalue weighted by molar-refractivity contribution is 5.73. The molecule has 1 aromatic carbocycles. The van der Waals surface area contributed by atoms with Crippen molar-refractivity contribution in [2.45, 2.75) is 46.0 Å². The lowest BCUT2D eigenvalue weighted by Crippen LogP contribution is -2.38. The van der Waals surface area contributed by atoms with Crippen LogP contribution in [0.4, 0.5) is 4.79 Å². The zero-order valence-corrected chi connectivity index (χ0v) is 14.3. The SMILES string of the molecule is Cc1ccc(OCCNC(=O)NCCC2=CCCCC2)cc1C. The summed E-state index contributed by atoms with van der Waals surface area (Å²) >= 11 is 0. The highest BCUT2D eigenvalue weighted by Crippen LogP contribution is 2.19. The van der Waals surface area contributed by atoms with Gasteiger partial charge in [-0.15, -0.1) is 0 Å². The maximum Gasteiger partial charge on any atom is 0.314 e. The van der Waals surface area contributed by atoms with E-state index in [1.165, 1.54) is 42.4 Å². The number of allylic oxidation sites excluding steroid dienone is 1. The smallest absolute Gasteiger partial charge is 0.314 e. The Morgan fingerprint density at radius 1 is 1.13 bits per heavy atom. The van der Waals surface area contributed by atoms with Crippen molar-refractivity contribution in [3.63, 3.8) is 0 Å². The molecule has 0 unspecified atom stereocenters. The number of hydrogen-bond donors (Lipinski definition) is 2. The van der Waals surface area contributed by atoms with Gasteiger partial charge in [-0.05, 0) is 69.2 Å². The number of urea groups is 1. The van der Waals surface area contributed by atoms with Crippen LogP contribution in [-0.2, 0) is 0 Å². The quantitative estimate of drug-likeness (QED) is 0.592. The van der Waals surface area contributed by atoms with Gasteiger partial charge in [-0.2, -0.15) is 0 Å². The van der Waals surface area contributed by atoms with E-state index in [2.05, 4.69) is 30.6 Å². The van der Waals surface area contributed by atoms with Gasteiger partial charge >= 0.3 is 6.03 Å². The summed E-state index contributed by atoms with van der Waals surface area (Å²) < 4.78 is 5.64. The Hall–Kier alpha value is -1.97. The van der Waals surface area contributed by atoms with Crippen molar-refractivity contribution >= 4 is 6.03 Å². The maximum atomic E-state index is 11.7. The fourth-order valence-corrected chi connectivity index (χ4v) is 2.67. The molecule has 0 saturated carbocycles. The molecule has 4 nitrogen and oxygen atoms in total. The number of hydrogen-bond acceptors (Lipinski definition) is 2. The largest absolute Gasteiger partial charge is 0.492 e. The average molecular weight is 316 g/mol. The molecule has 0 heterocycles. The first-order valence-electron chi connectivity index (χ1n) is 8.55. The van der Waals surface area contributed by atoms with Crippen molar-refractivity contribution in [1.29, 1.82) is 0 Å². The lowest BCUT2D eigenvalue weighted by atomic mass is 9.97. The number of carbonyl (C=O) groups is 1. The van der Waals surface area contributed by atoms with Crippen LogP contribution in [0.3, 0.4) is 0 Å². The maximum absolute atomic E-state index is 11.7. The van der Waals surface area contributed by atoms with E-state index in [-0.39, 0.29) is 6.03 Å². The highest BCUT2D eigenvalue weighted by atomic mass is 16.5. The molecule has 2 rings (SSSR count). The second kappa shape index (κ2) is 9.23. The first kappa shape index (κ1) is 17.4. The van der Waals surface area contributed by atoms with Crippen LogP contribution in [0.5, 0.6) is 5.75 Å². The lowest BCUT2D eigenvalue weighted by Gasteiger charge is -2.13. The average Bonchev–Trinajstić information content (AvgIpc) is 2.56. The number of ether oxygens (including phenoxy) is 1. The Kier molecular flexibility index (Phi) is 6.98. The van der Waals surface area contributed by atoms with E-state index < -0.39 is 0 Å². The fraction of sp³-hybridized carbons (Fsp3) is 0.526. The van der Waals surface area contributed by atoms with Gasteiger partial charge in [0.15, 0.2) is 0 Å². The zero-order chi connectivity index (χ0) is 16.5. The molecule has 2 N–H and O–H groups in total. The first-order chi connectivity index (χ1) is 11.1. The summed E-state index contributed by atoms with van der Waals surface area (Å²) in [5.74, 6) is 0.847. The van der Waals surface area contributed by atoms with E-state index in [1.54, 1.807) is 0 Å². The minimum absolute atomic E-state index is 0.120.